The Balaban J connectivity index is 0. The van der Waals surface area contributed by atoms with E-state index >= 15 is 0 Å². The van der Waals surface area contributed by atoms with Gasteiger partial charge < -0.3 is 20.3 Å². The fraction of sp³-hybridized carbons (Fsp3) is 1.00. The second-order valence-electron chi connectivity index (χ2n) is 2.62. The van der Waals surface area contributed by atoms with E-state index in [0.717, 1.165) is 13.2 Å². The van der Waals surface area contributed by atoms with E-state index in [-0.39, 0.29) is 18.6 Å². The maximum absolute atomic E-state index is 8.15. The lowest BCUT2D eigenvalue weighted by Crippen LogP contribution is -2.21. The Morgan fingerprint density at radius 2 is 1.40 bits per heavy atom. The van der Waals surface area contributed by atoms with Gasteiger partial charge in [0.05, 0.1) is 18.6 Å². The van der Waals surface area contributed by atoms with Gasteiger partial charge in [0, 0.05) is 26.3 Å². The van der Waals surface area contributed by atoms with Crippen molar-refractivity contribution < 1.29 is 14.9 Å². The number of hydrogen-bond acceptors (Lipinski definition) is 4. The molecule has 4 nitrogen and oxygen atoms in total. The predicted octanol–water partition coefficient (Wildman–Crippen LogP) is 0.779. The zero-order chi connectivity index (χ0) is 11.8. The van der Waals surface area contributed by atoms with Crippen LogP contribution in [0.3, 0.4) is 0 Å². The summed E-state index contributed by atoms with van der Waals surface area (Å²) in [6.45, 7) is 3.42. The van der Waals surface area contributed by atoms with Gasteiger partial charge in [0.15, 0.2) is 0 Å². The molecule has 0 amide bonds. The number of ether oxygens (including phenoxy) is 1. The van der Waals surface area contributed by atoms with Crippen LogP contribution in [0.2, 0.25) is 0 Å². The summed E-state index contributed by atoms with van der Waals surface area (Å²) in [4.78, 5) is 0. The molecule has 15 heavy (non-hydrogen) atoms. The summed E-state index contributed by atoms with van der Waals surface area (Å²) in [5.74, 6) is 0. The third kappa shape index (κ3) is 25.1. The van der Waals surface area contributed by atoms with Crippen LogP contribution in [0, 0.1) is 0 Å². The van der Waals surface area contributed by atoms with Crippen molar-refractivity contribution in [2.75, 3.05) is 44.9 Å². The molecule has 0 aromatic rings. The Morgan fingerprint density at radius 3 is 1.60 bits per heavy atom. The van der Waals surface area contributed by atoms with Gasteiger partial charge in [0.2, 0.25) is 0 Å². The molecule has 3 N–H and O–H groups in total. The predicted molar refractivity (Wildman–Crippen MR) is 63.7 cm³/mol. The summed E-state index contributed by atoms with van der Waals surface area (Å²) in [5.41, 5.74) is 0. The van der Waals surface area contributed by atoms with Gasteiger partial charge in [-0.05, 0) is 12.8 Å². The summed E-state index contributed by atoms with van der Waals surface area (Å²) in [5, 5.41) is 19.3. The first-order valence-corrected chi connectivity index (χ1v) is 6.02. The lowest BCUT2D eigenvalue weighted by atomic mass is 10.4. The second-order valence-corrected chi connectivity index (χ2v) is 3.43. The summed E-state index contributed by atoms with van der Waals surface area (Å²) in [6.07, 6.45) is 2.56. The van der Waals surface area contributed by atoms with E-state index < -0.39 is 0 Å². The fourth-order valence-corrected chi connectivity index (χ4v) is 0.793. The van der Waals surface area contributed by atoms with Gasteiger partial charge in [0.1, 0.15) is 0 Å². The number of rotatable bonds is 4. The zero-order valence-electron chi connectivity index (χ0n) is 8.92. The average molecular weight is 262 g/mol. The van der Waals surface area contributed by atoms with E-state index in [1.807, 2.05) is 0 Å². The highest BCUT2D eigenvalue weighted by atomic mass is 35.5. The molecule has 0 radical (unpaired) electrons. The highest BCUT2D eigenvalue weighted by Crippen LogP contribution is 1.98. The molecule has 0 atom stereocenters. The largest absolute Gasteiger partial charge is 0.395 e. The molecule has 1 rings (SSSR count). The SMILES string of the molecule is C1CCOC1.ClCCl.OCCNCCO. The fourth-order valence-electron chi connectivity index (χ4n) is 0.793. The molecule has 1 fully saturated rings. The monoisotopic (exact) mass is 261 g/mol. The standard InChI is InChI=1S/C4H11NO2.C4H8O.CH2Cl2/c6-3-1-5-2-4-7;1-2-4-5-3-1;2-1-3/h5-7H,1-4H2;1-4H2;1H2. The molecule has 0 spiro atoms. The molecule has 1 aliphatic heterocycles. The van der Waals surface area contributed by atoms with Crippen LogP contribution < -0.4 is 5.32 Å². The molecule has 0 aliphatic carbocycles. The molecule has 6 heteroatoms. The van der Waals surface area contributed by atoms with Crippen LogP contribution in [-0.4, -0.2) is 55.1 Å². The molecule has 0 unspecified atom stereocenters. The van der Waals surface area contributed by atoms with Crippen molar-refractivity contribution in [1.29, 1.82) is 0 Å². The zero-order valence-corrected chi connectivity index (χ0v) is 10.4. The maximum Gasteiger partial charge on any atom is 0.0967 e. The normalized spacial score (nSPS) is 13.6. The highest BCUT2D eigenvalue weighted by molar-refractivity contribution is 6.40. The summed E-state index contributed by atoms with van der Waals surface area (Å²) in [7, 11) is 0. The number of hydrogen-bond donors (Lipinski definition) is 3. The van der Waals surface area contributed by atoms with Crippen LogP contribution >= 0.6 is 23.2 Å². The van der Waals surface area contributed by atoms with Crippen molar-refractivity contribution in [3.8, 4) is 0 Å². The molecule has 0 aromatic carbocycles. The van der Waals surface area contributed by atoms with E-state index in [9.17, 15) is 0 Å². The van der Waals surface area contributed by atoms with Gasteiger partial charge in [-0.25, -0.2) is 0 Å². The van der Waals surface area contributed by atoms with Gasteiger partial charge in [-0.3, -0.25) is 0 Å². The van der Waals surface area contributed by atoms with Crippen molar-refractivity contribution in [3.05, 3.63) is 0 Å². The molecule has 1 aliphatic rings. The molecule has 94 valence electrons. The Labute approximate surface area is 102 Å². The van der Waals surface area contributed by atoms with Crippen molar-refractivity contribution in [3.63, 3.8) is 0 Å². The molecular weight excluding hydrogens is 241 g/mol. The van der Waals surface area contributed by atoms with Crippen LogP contribution in [0.15, 0.2) is 0 Å². The van der Waals surface area contributed by atoms with E-state index in [1.54, 1.807) is 0 Å². The van der Waals surface area contributed by atoms with Crippen LogP contribution in [0.4, 0.5) is 0 Å². The Morgan fingerprint density at radius 1 is 1.00 bits per heavy atom. The summed E-state index contributed by atoms with van der Waals surface area (Å²) < 4.78 is 4.94. The minimum absolute atomic E-state index is 0.139. The molecular formula is C9H21Cl2NO3. The minimum atomic E-state index is 0.139. The first-order valence-electron chi connectivity index (χ1n) is 4.95. The smallest absolute Gasteiger partial charge is 0.0967 e. The average Bonchev–Trinajstić information content (AvgIpc) is 2.78. The number of halogens is 2. The number of aliphatic hydroxyl groups is 2. The van der Waals surface area contributed by atoms with Crippen molar-refractivity contribution in [2.45, 2.75) is 12.8 Å². The Kier molecular flexibility index (Phi) is 23.6. The van der Waals surface area contributed by atoms with Crippen molar-refractivity contribution in [2.24, 2.45) is 0 Å². The molecule has 0 bridgehead atoms. The van der Waals surface area contributed by atoms with Gasteiger partial charge in [-0.1, -0.05) is 0 Å². The van der Waals surface area contributed by atoms with Crippen LogP contribution in [0.1, 0.15) is 12.8 Å². The Bertz CT molecular complexity index is 83.8. The lowest BCUT2D eigenvalue weighted by molar-refractivity contribution is 0.198. The second kappa shape index (κ2) is 19.9. The minimum Gasteiger partial charge on any atom is -0.395 e. The third-order valence-corrected chi connectivity index (χ3v) is 1.40. The Hall–Kier alpha value is 0.420. The van der Waals surface area contributed by atoms with Gasteiger partial charge in [-0.15, -0.1) is 23.2 Å². The van der Waals surface area contributed by atoms with Crippen molar-refractivity contribution in [1.82, 2.24) is 5.32 Å². The van der Waals surface area contributed by atoms with Gasteiger partial charge >= 0.3 is 0 Å². The van der Waals surface area contributed by atoms with Crippen LogP contribution in [0.5, 0.6) is 0 Å². The van der Waals surface area contributed by atoms with Crippen molar-refractivity contribution >= 4 is 23.2 Å². The van der Waals surface area contributed by atoms with Crippen LogP contribution in [0.25, 0.3) is 0 Å². The summed E-state index contributed by atoms with van der Waals surface area (Å²) in [6, 6.07) is 0. The van der Waals surface area contributed by atoms with E-state index in [1.165, 1.54) is 12.8 Å². The summed E-state index contributed by atoms with van der Waals surface area (Å²) >= 11 is 9.53. The third-order valence-electron chi connectivity index (χ3n) is 1.40. The first kappa shape index (κ1) is 17.8. The van der Waals surface area contributed by atoms with Gasteiger partial charge in [-0.2, -0.15) is 0 Å². The first-order chi connectivity index (χ1) is 7.33. The topological polar surface area (TPSA) is 61.7 Å². The molecule has 0 aromatic heterocycles. The van der Waals surface area contributed by atoms with Crippen LogP contribution in [-0.2, 0) is 4.74 Å². The van der Waals surface area contributed by atoms with E-state index in [4.69, 9.17) is 38.2 Å². The highest BCUT2D eigenvalue weighted by Gasteiger charge is 1.94. The van der Waals surface area contributed by atoms with E-state index in [2.05, 4.69) is 5.32 Å². The number of nitrogens with one attached hydrogen (secondary N) is 1. The van der Waals surface area contributed by atoms with E-state index in [0.29, 0.717) is 13.1 Å². The molecule has 0 saturated carbocycles. The maximum atomic E-state index is 8.15. The quantitative estimate of drug-likeness (QED) is 0.517. The van der Waals surface area contributed by atoms with Gasteiger partial charge in [0.25, 0.3) is 0 Å². The molecule has 1 saturated heterocycles. The lowest BCUT2D eigenvalue weighted by Gasteiger charge is -1.94. The number of alkyl halides is 2. The number of aliphatic hydroxyl groups excluding tert-OH is 2. The molecule has 1 heterocycles.